The van der Waals surface area contributed by atoms with Crippen LogP contribution in [0.5, 0.6) is 0 Å². The number of hydrogen-bond acceptors (Lipinski definition) is 4. The summed E-state index contributed by atoms with van der Waals surface area (Å²) in [6.07, 6.45) is 0. The molecule has 50 valence electrons. The molecular weight excluding hydrogens is 176 g/mol. The van der Waals surface area contributed by atoms with Crippen LogP contribution in [0.4, 0.5) is 0 Å². The fourth-order valence-electron chi connectivity index (χ4n) is 0.132. The summed E-state index contributed by atoms with van der Waals surface area (Å²) in [4.78, 5) is 0. The highest BCUT2D eigenvalue weighted by atomic mass is 32.2. The van der Waals surface area contributed by atoms with Gasteiger partial charge in [-0.3, -0.25) is 0 Å². The summed E-state index contributed by atoms with van der Waals surface area (Å²) in [5.41, 5.74) is 0. The Kier molecular flexibility index (Phi) is 4.16. The Hall–Kier alpha value is 1.40. The molecule has 0 fully saturated rings. The molecule has 1 atom stereocenters. The van der Waals surface area contributed by atoms with Gasteiger partial charge in [0, 0.05) is 11.0 Å². The van der Waals surface area contributed by atoms with Crippen molar-refractivity contribution in [3.8, 4) is 0 Å². The molecule has 0 heterocycles. The lowest BCUT2D eigenvalue weighted by Gasteiger charge is -2.23. The molecule has 4 heteroatoms. The van der Waals surface area contributed by atoms with Crippen LogP contribution in [0.25, 0.3) is 0 Å². The molecule has 1 unspecified atom stereocenters. The Bertz CT molecular complexity index is 68.4. The van der Waals surface area contributed by atoms with E-state index in [2.05, 4.69) is 50.5 Å². The van der Waals surface area contributed by atoms with E-state index in [-0.39, 0.29) is 9.33 Å². The van der Waals surface area contributed by atoms with E-state index < -0.39 is 0 Å². The van der Waals surface area contributed by atoms with Crippen molar-refractivity contribution < 1.29 is 0 Å². The van der Waals surface area contributed by atoms with Gasteiger partial charge in [0.2, 0.25) is 0 Å². The first-order valence-corrected chi connectivity index (χ1v) is 4.28. The van der Waals surface area contributed by atoms with Crippen LogP contribution < -0.4 is 0 Å². The van der Waals surface area contributed by atoms with Crippen molar-refractivity contribution in [3.05, 3.63) is 0 Å². The zero-order chi connectivity index (χ0) is 6.78. The normalized spacial score (nSPS) is 16.1. The molecule has 0 aliphatic carbocycles. The second-order valence-electron chi connectivity index (χ2n) is 1.71. The molecule has 0 aliphatic rings. The zero-order valence-corrected chi connectivity index (χ0v) is 8.15. The van der Waals surface area contributed by atoms with Gasteiger partial charge >= 0.3 is 0 Å². The van der Waals surface area contributed by atoms with E-state index in [1.54, 1.807) is 0 Å². The first kappa shape index (κ1) is 9.40. The smallest absolute Gasteiger partial charge is 0.0752 e. The van der Waals surface area contributed by atoms with Gasteiger partial charge in [-0.2, -0.15) is 50.5 Å². The van der Waals surface area contributed by atoms with Crippen LogP contribution in [-0.4, -0.2) is 15.1 Å². The molecule has 0 N–H and O–H groups in total. The summed E-state index contributed by atoms with van der Waals surface area (Å²) in [5.74, 6) is 0.629. The van der Waals surface area contributed by atoms with E-state index in [1.165, 1.54) is 0 Å². The van der Waals surface area contributed by atoms with Gasteiger partial charge in [-0.25, -0.2) is 0 Å². The Morgan fingerprint density at radius 2 is 1.88 bits per heavy atom. The standard InChI is InChI=1S/C4H10S4/c1-3(6)4(7,8)2-5/h3,5-8H,2H2,1H3. The molecule has 0 rings (SSSR count). The highest BCUT2D eigenvalue weighted by Gasteiger charge is 2.22. The second kappa shape index (κ2) is 3.54. The monoisotopic (exact) mass is 186 g/mol. The van der Waals surface area contributed by atoms with Gasteiger partial charge in [0.15, 0.2) is 0 Å². The number of rotatable bonds is 2. The largest absolute Gasteiger partial charge is 0.177 e. The first-order valence-electron chi connectivity index (χ1n) is 2.24. The molecule has 0 saturated carbocycles. The molecule has 0 nitrogen and oxygen atoms in total. The third-order valence-corrected chi connectivity index (χ3v) is 3.84. The molecule has 0 aromatic heterocycles. The quantitative estimate of drug-likeness (QED) is 0.367. The Labute approximate surface area is 72.5 Å². The highest BCUT2D eigenvalue weighted by Crippen LogP contribution is 2.28. The average Bonchev–Trinajstić information content (AvgIpc) is 1.67. The Balaban J connectivity index is 3.71. The molecule has 8 heavy (non-hydrogen) atoms. The third-order valence-electron chi connectivity index (χ3n) is 0.902. The zero-order valence-electron chi connectivity index (χ0n) is 4.57. The van der Waals surface area contributed by atoms with Gasteiger partial charge < -0.3 is 0 Å². The molecular formula is C4H10S4. The number of hydrogen-bond donors (Lipinski definition) is 4. The van der Waals surface area contributed by atoms with Crippen molar-refractivity contribution >= 4 is 50.5 Å². The van der Waals surface area contributed by atoms with Crippen molar-refractivity contribution in [1.82, 2.24) is 0 Å². The summed E-state index contributed by atoms with van der Waals surface area (Å²) < 4.78 is -0.341. The minimum Gasteiger partial charge on any atom is -0.177 e. The van der Waals surface area contributed by atoms with Gasteiger partial charge in [-0.05, 0) is 0 Å². The van der Waals surface area contributed by atoms with Crippen LogP contribution in [0.2, 0.25) is 0 Å². The van der Waals surface area contributed by atoms with Crippen LogP contribution in [-0.2, 0) is 0 Å². The van der Waals surface area contributed by atoms with Crippen molar-refractivity contribution in [1.29, 1.82) is 0 Å². The predicted octanol–water partition coefficient (Wildman–Crippen LogP) is 1.79. The maximum Gasteiger partial charge on any atom is 0.0752 e. The van der Waals surface area contributed by atoms with Crippen molar-refractivity contribution in [2.45, 2.75) is 16.3 Å². The maximum atomic E-state index is 4.19. The van der Waals surface area contributed by atoms with Gasteiger partial charge in [-0.1, -0.05) is 6.92 Å². The van der Waals surface area contributed by atoms with Crippen LogP contribution >= 0.6 is 50.5 Å². The second-order valence-corrected chi connectivity index (χ2v) is 4.75. The lowest BCUT2D eigenvalue weighted by Crippen LogP contribution is -2.25. The molecule has 0 amide bonds. The van der Waals surface area contributed by atoms with Crippen LogP contribution in [0.15, 0.2) is 0 Å². The fourth-order valence-corrected chi connectivity index (χ4v) is 0.641. The highest BCUT2D eigenvalue weighted by molar-refractivity contribution is 8.03. The van der Waals surface area contributed by atoms with Crippen molar-refractivity contribution in [2.24, 2.45) is 0 Å². The van der Waals surface area contributed by atoms with Crippen molar-refractivity contribution in [3.63, 3.8) is 0 Å². The van der Waals surface area contributed by atoms with E-state index in [1.807, 2.05) is 6.92 Å². The summed E-state index contributed by atoms with van der Waals surface area (Å²) in [5, 5.41) is 0.159. The third kappa shape index (κ3) is 2.80. The van der Waals surface area contributed by atoms with Gasteiger partial charge in [0.05, 0.1) is 4.08 Å². The Morgan fingerprint density at radius 1 is 1.50 bits per heavy atom. The van der Waals surface area contributed by atoms with E-state index in [4.69, 9.17) is 0 Å². The Morgan fingerprint density at radius 3 is 1.88 bits per heavy atom. The average molecular weight is 186 g/mol. The molecule has 0 bridgehead atoms. The van der Waals surface area contributed by atoms with Crippen LogP contribution in [0.3, 0.4) is 0 Å². The fraction of sp³-hybridized carbons (Fsp3) is 1.00. The molecule has 0 radical (unpaired) electrons. The molecule has 0 spiro atoms. The number of thiol groups is 4. The van der Waals surface area contributed by atoms with E-state index in [0.29, 0.717) is 5.75 Å². The first-order chi connectivity index (χ1) is 3.50. The molecule has 0 aliphatic heterocycles. The van der Waals surface area contributed by atoms with E-state index in [9.17, 15) is 0 Å². The molecule has 0 aromatic carbocycles. The topological polar surface area (TPSA) is 0 Å². The summed E-state index contributed by atoms with van der Waals surface area (Å²) in [6.45, 7) is 1.94. The maximum absolute atomic E-state index is 4.19. The molecule has 0 aromatic rings. The lowest BCUT2D eigenvalue weighted by atomic mass is 10.3. The minimum atomic E-state index is -0.341. The predicted molar refractivity (Wildman–Crippen MR) is 53.0 cm³/mol. The van der Waals surface area contributed by atoms with Crippen molar-refractivity contribution in [2.75, 3.05) is 5.75 Å². The van der Waals surface area contributed by atoms with Crippen LogP contribution in [0, 0.1) is 0 Å². The minimum absolute atomic E-state index is 0.159. The summed E-state index contributed by atoms with van der Waals surface area (Å²) in [6, 6.07) is 0. The summed E-state index contributed by atoms with van der Waals surface area (Å²) >= 11 is 16.6. The van der Waals surface area contributed by atoms with Gasteiger partial charge in [0.25, 0.3) is 0 Å². The molecule has 0 saturated heterocycles. The van der Waals surface area contributed by atoms with Gasteiger partial charge in [-0.15, -0.1) is 0 Å². The SMILES string of the molecule is CC(S)C(S)(S)CS. The van der Waals surface area contributed by atoms with Gasteiger partial charge in [0.1, 0.15) is 0 Å². The summed E-state index contributed by atoms with van der Waals surface area (Å²) in [7, 11) is 0. The lowest BCUT2D eigenvalue weighted by molar-refractivity contribution is 0.901. The van der Waals surface area contributed by atoms with E-state index >= 15 is 0 Å². The van der Waals surface area contributed by atoms with Crippen LogP contribution in [0.1, 0.15) is 6.92 Å². The van der Waals surface area contributed by atoms with E-state index in [0.717, 1.165) is 0 Å².